The molecule has 4 nitrogen and oxygen atoms in total. The van der Waals surface area contributed by atoms with E-state index in [4.69, 9.17) is 10.00 Å². The summed E-state index contributed by atoms with van der Waals surface area (Å²) in [4.78, 5) is 3.27. The van der Waals surface area contributed by atoms with Gasteiger partial charge in [0.15, 0.2) is 0 Å². The van der Waals surface area contributed by atoms with Crippen LogP contribution in [0.1, 0.15) is 16.7 Å². The Kier molecular flexibility index (Phi) is 6.05. The monoisotopic (exact) mass is 337 g/mol. The van der Waals surface area contributed by atoms with Crippen LogP contribution in [-0.4, -0.2) is 39.3 Å². The Hall–Kier alpha value is -2.35. The van der Waals surface area contributed by atoms with E-state index in [-0.39, 0.29) is 0 Å². The fourth-order valence-electron chi connectivity index (χ4n) is 3.32. The zero-order valence-electron chi connectivity index (χ0n) is 14.9. The maximum absolute atomic E-state index is 8.87. The van der Waals surface area contributed by atoms with E-state index < -0.39 is 0 Å². The van der Waals surface area contributed by atoms with Crippen molar-refractivity contribution in [2.24, 2.45) is 0 Å². The average molecular weight is 337 g/mol. The van der Waals surface area contributed by atoms with Crippen molar-refractivity contribution in [3.63, 3.8) is 0 Å². The van der Waals surface area contributed by atoms with E-state index in [1.807, 2.05) is 24.3 Å². The maximum atomic E-state index is 8.87. The van der Waals surface area contributed by atoms with Gasteiger partial charge in [0, 0.05) is 5.56 Å². The Morgan fingerprint density at radius 3 is 2.20 bits per heavy atom. The number of benzene rings is 2. The minimum atomic E-state index is 0.738. The summed E-state index contributed by atoms with van der Waals surface area (Å²) in [5.41, 5.74) is 3.32. The second kappa shape index (κ2) is 8.66. The van der Waals surface area contributed by atoms with Gasteiger partial charge < -0.3 is 14.5 Å². The molecule has 25 heavy (non-hydrogen) atoms. The zero-order valence-corrected chi connectivity index (χ0v) is 14.9. The van der Waals surface area contributed by atoms with Gasteiger partial charge in [-0.15, -0.1) is 0 Å². The van der Waals surface area contributed by atoms with Gasteiger partial charge in [0.05, 0.1) is 11.6 Å². The molecule has 4 heteroatoms. The molecule has 1 aliphatic heterocycles. The number of nitrogens with zero attached hydrogens (tertiary/aromatic N) is 1. The molecular formula is C21H27N3O+2. The van der Waals surface area contributed by atoms with Crippen LogP contribution >= 0.6 is 0 Å². The predicted molar refractivity (Wildman–Crippen MR) is 97.8 cm³/mol. The quantitative estimate of drug-likeness (QED) is 0.792. The molecule has 2 aromatic rings. The number of quaternary nitrogens is 2. The van der Waals surface area contributed by atoms with Crippen LogP contribution in [0.2, 0.25) is 0 Å². The highest BCUT2D eigenvalue weighted by Gasteiger charge is 2.22. The second-order valence-electron chi connectivity index (χ2n) is 6.90. The highest BCUT2D eigenvalue weighted by atomic mass is 16.5. The molecule has 3 rings (SSSR count). The summed E-state index contributed by atoms with van der Waals surface area (Å²) in [6.07, 6.45) is 0. The van der Waals surface area contributed by atoms with Crippen molar-refractivity contribution in [3.8, 4) is 11.8 Å². The Balaban J connectivity index is 1.36. The van der Waals surface area contributed by atoms with E-state index in [1.54, 1.807) is 9.80 Å². The van der Waals surface area contributed by atoms with Crippen LogP contribution in [0.15, 0.2) is 48.5 Å². The van der Waals surface area contributed by atoms with Crippen LogP contribution in [0.25, 0.3) is 0 Å². The number of piperazine rings is 1. The highest BCUT2D eigenvalue weighted by molar-refractivity contribution is 5.31. The molecule has 0 aliphatic carbocycles. The minimum absolute atomic E-state index is 0.738. The molecule has 0 bridgehead atoms. The molecule has 1 heterocycles. The lowest BCUT2D eigenvalue weighted by Crippen LogP contribution is -3.27. The Morgan fingerprint density at radius 1 is 0.920 bits per heavy atom. The van der Waals surface area contributed by atoms with Crippen LogP contribution in [-0.2, 0) is 6.54 Å². The number of hydrogen-bond acceptors (Lipinski definition) is 2. The van der Waals surface area contributed by atoms with Crippen LogP contribution in [0.3, 0.4) is 0 Å². The molecule has 130 valence electrons. The first-order valence-corrected chi connectivity index (χ1v) is 9.08. The van der Waals surface area contributed by atoms with Gasteiger partial charge in [-0.05, 0) is 31.2 Å². The standard InChI is InChI=1S/C21H25N3O/c1-18-2-8-21(9-3-18)25-15-14-23-10-12-24(13-11-23)17-20-6-4-19(16-22)5-7-20/h2-9H,10-15,17H2,1H3/p+2. The van der Waals surface area contributed by atoms with E-state index in [9.17, 15) is 0 Å². The van der Waals surface area contributed by atoms with Crippen molar-refractivity contribution in [2.45, 2.75) is 13.5 Å². The Morgan fingerprint density at radius 2 is 1.56 bits per heavy atom. The molecule has 2 N–H and O–H groups in total. The Labute approximate surface area is 150 Å². The number of ether oxygens (including phenoxy) is 1. The Bertz CT molecular complexity index is 695. The third-order valence-electron chi connectivity index (χ3n) is 4.95. The normalized spacial score (nSPS) is 20.0. The molecule has 0 saturated carbocycles. The van der Waals surface area contributed by atoms with Crippen LogP contribution in [0, 0.1) is 18.3 Å². The van der Waals surface area contributed by atoms with Crippen molar-refractivity contribution in [2.75, 3.05) is 39.3 Å². The molecule has 0 radical (unpaired) electrons. The van der Waals surface area contributed by atoms with Crippen molar-refractivity contribution < 1.29 is 14.5 Å². The molecule has 0 aromatic heterocycles. The van der Waals surface area contributed by atoms with Gasteiger partial charge in [0.25, 0.3) is 0 Å². The smallest absolute Gasteiger partial charge is 0.137 e. The summed E-state index contributed by atoms with van der Waals surface area (Å²) in [6, 6.07) is 18.4. The zero-order chi connectivity index (χ0) is 17.5. The first-order valence-electron chi connectivity index (χ1n) is 9.08. The molecule has 0 amide bonds. The van der Waals surface area contributed by atoms with Crippen molar-refractivity contribution in [1.29, 1.82) is 5.26 Å². The van der Waals surface area contributed by atoms with E-state index in [1.165, 1.54) is 37.3 Å². The minimum Gasteiger partial charge on any atom is -0.488 e. The van der Waals surface area contributed by atoms with E-state index >= 15 is 0 Å². The van der Waals surface area contributed by atoms with Crippen LogP contribution < -0.4 is 14.5 Å². The predicted octanol–water partition coefficient (Wildman–Crippen LogP) is 0.229. The molecule has 0 spiro atoms. The molecule has 2 aromatic carbocycles. The number of nitrogens with one attached hydrogen (secondary N) is 2. The topological polar surface area (TPSA) is 41.9 Å². The first-order chi connectivity index (χ1) is 12.2. The molecule has 0 atom stereocenters. The molecule has 1 saturated heterocycles. The largest absolute Gasteiger partial charge is 0.488 e. The molecular weight excluding hydrogens is 310 g/mol. The SMILES string of the molecule is Cc1ccc(OCC[NH+]2CC[NH+](Cc3ccc(C#N)cc3)CC2)cc1. The van der Waals surface area contributed by atoms with E-state index in [0.29, 0.717) is 0 Å². The first kappa shape index (κ1) is 17.5. The fourth-order valence-corrected chi connectivity index (χ4v) is 3.32. The summed E-state index contributed by atoms with van der Waals surface area (Å²) in [6.45, 7) is 9.78. The summed E-state index contributed by atoms with van der Waals surface area (Å²) in [7, 11) is 0. The van der Waals surface area contributed by atoms with Gasteiger partial charge in [-0.25, -0.2) is 0 Å². The average Bonchev–Trinajstić information content (AvgIpc) is 2.65. The van der Waals surface area contributed by atoms with E-state index in [2.05, 4.69) is 37.3 Å². The van der Waals surface area contributed by atoms with Crippen LogP contribution in [0.4, 0.5) is 0 Å². The van der Waals surface area contributed by atoms with Gasteiger partial charge in [-0.1, -0.05) is 29.8 Å². The van der Waals surface area contributed by atoms with Gasteiger partial charge in [-0.3, -0.25) is 0 Å². The summed E-state index contributed by atoms with van der Waals surface area (Å²) >= 11 is 0. The van der Waals surface area contributed by atoms with Crippen molar-refractivity contribution in [3.05, 3.63) is 65.2 Å². The summed E-state index contributed by atoms with van der Waals surface area (Å²) in [5.74, 6) is 0.968. The number of hydrogen-bond donors (Lipinski definition) is 2. The van der Waals surface area contributed by atoms with Crippen molar-refractivity contribution >= 4 is 0 Å². The summed E-state index contributed by atoms with van der Waals surface area (Å²) in [5, 5.41) is 8.87. The highest BCUT2D eigenvalue weighted by Crippen LogP contribution is 2.10. The third kappa shape index (κ3) is 5.32. The molecule has 1 aliphatic rings. The third-order valence-corrected chi connectivity index (χ3v) is 4.95. The van der Waals surface area contributed by atoms with Crippen LogP contribution in [0.5, 0.6) is 5.75 Å². The van der Waals surface area contributed by atoms with E-state index in [0.717, 1.165) is 31.0 Å². The fraction of sp³-hybridized carbons (Fsp3) is 0.381. The molecule has 1 fully saturated rings. The number of aryl methyl sites for hydroxylation is 1. The maximum Gasteiger partial charge on any atom is 0.137 e. The molecule has 0 unspecified atom stereocenters. The number of rotatable bonds is 6. The van der Waals surface area contributed by atoms with Gasteiger partial charge in [0.1, 0.15) is 51.6 Å². The summed E-state index contributed by atoms with van der Waals surface area (Å²) < 4.78 is 5.85. The lowest BCUT2D eigenvalue weighted by molar-refractivity contribution is -1.02. The van der Waals surface area contributed by atoms with Gasteiger partial charge in [-0.2, -0.15) is 5.26 Å². The van der Waals surface area contributed by atoms with Crippen molar-refractivity contribution in [1.82, 2.24) is 0 Å². The lowest BCUT2D eigenvalue weighted by atomic mass is 10.1. The number of nitriles is 1. The second-order valence-corrected chi connectivity index (χ2v) is 6.90. The van der Waals surface area contributed by atoms with Gasteiger partial charge in [0.2, 0.25) is 0 Å². The van der Waals surface area contributed by atoms with Gasteiger partial charge >= 0.3 is 0 Å². The lowest BCUT2D eigenvalue weighted by Gasteiger charge is -2.29.